The van der Waals surface area contributed by atoms with Gasteiger partial charge in [0.05, 0.1) is 6.61 Å². The number of para-hydroxylation sites is 1. The fourth-order valence-corrected chi connectivity index (χ4v) is 8.75. The minimum absolute atomic E-state index is 0.000651. The number of anilines is 1. The molecule has 15 heteroatoms. The second kappa shape index (κ2) is 17.9. The van der Waals surface area contributed by atoms with E-state index in [0.29, 0.717) is 57.4 Å². The molecular weight excluding hydrogens is 708 g/mol. The van der Waals surface area contributed by atoms with Gasteiger partial charge in [-0.3, -0.25) is 4.79 Å². The van der Waals surface area contributed by atoms with Crippen LogP contribution in [0.4, 0.5) is 15.3 Å². The van der Waals surface area contributed by atoms with Crippen LogP contribution in [-0.4, -0.2) is 159 Å². The number of urea groups is 2. The third-order valence-electron chi connectivity index (χ3n) is 12.1. The number of nitrogens with one attached hydrogen (secondary N) is 2. The maximum absolute atomic E-state index is 14.2. The molecule has 6 N–H and O–H groups in total. The summed E-state index contributed by atoms with van der Waals surface area (Å²) in [5.41, 5.74) is 2.72. The van der Waals surface area contributed by atoms with Gasteiger partial charge in [-0.25, -0.2) is 9.59 Å². The molecule has 55 heavy (non-hydrogen) atoms. The average Bonchev–Trinajstić information content (AvgIpc) is 3.39. The van der Waals surface area contributed by atoms with E-state index in [1.54, 1.807) is 29.2 Å². The van der Waals surface area contributed by atoms with E-state index in [4.69, 9.17) is 9.47 Å². The summed E-state index contributed by atoms with van der Waals surface area (Å²) in [6.45, 7) is 4.44. The molecule has 7 rings (SSSR count). The zero-order valence-electron chi connectivity index (χ0n) is 31.4. The standard InChI is InChI=1S/C40H56N6O9/c47-25-33-34(48)35(49)36(50)38(55-33)54-30-10-8-26(9-11-30)24-32(37(51)44-19-13-28(14-20-44)43-17-4-1-5-18-43)42-39(52)45-21-15-29(16-22-45)46-23-12-27-6-2-3-7-31(27)41-40(46)53/h2-3,6-11,28-29,32-36,38,47-50H,1,4-5,12-25H2,(H,41,53)(H,42,52)/t32-,33-,34-,35+,36+,38-/m1/s1. The fraction of sp³-hybridized carbons (Fsp3) is 0.625. The second-order valence-electron chi connectivity index (χ2n) is 15.6. The molecule has 15 nitrogen and oxygen atoms in total. The lowest BCUT2D eigenvalue weighted by molar-refractivity contribution is -0.277. The van der Waals surface area contributed by atoms with Crippen LogP contribution in [0, 0.1) is 0 Å². The number of nitrogens with zero attached hydrogens (tertiary/aromatic N) is 4. The van der Waals surface area contributed by atoms with E-state index >= 15 is 0 Å². The van der Waals surface area contributed by atoms with Crippen molar-refractivity contribution in [3.63, 3.8) is 0 Å². The smallest absolute Gasteiger partial charge is 0.322 e. The lowest BCUT2D eigenvalue weighted by Crippen LogP contribution is -2.60. The fourth-order valence-electron chi connectivity index (χ4n) is 8.75. The lowest BCUT2D eigenvalue weighted by atomic mass is 9.98. The quantitative estimate of drug-likeness (QED) is 0.219. The third-order valence-corrected chi connectivity index (χ3v) is 12.1. The van der Waals surface area contributed by atoms with E-state index in [-0.39, 0.29) is 30.4 Å². The van der Waals surface area contributed by atoms with Gasteiger partial charge in [-0.2, -0.15) is 0 Å². The van der Waals surface area contributed by atoms with E-state index in [1.807, 2.05) is 34.1 Å². The minimum atomic E-state index is -1.56. The maximum Gasteiger partial charge on any atom is 0.322 e. The molecule has 5 aliphatic rings. The van der Waals surface area contributed by atoms with Crippen LogP contribution in [0.25, 0.3) is 0 Å². The predicted molar refractivity (Wildman–Crippen MR) is 202 cm³/mol. The Labute approximate surface area is 322 Å². The highest BCUT2D eigenvalue weighted by atomic mass is 16.7. The van der Waals surface area contributed by atoms with Crippen LogP contribution in [0.15, 0.2) is 48.5 Å². The number of rotatable bonds is 9. The Hall–Kier alpha value is -3.99. The zero-order valence-corrected chi connectivity index (χ0v) is 31.4. The highest BCUT2D eigenvalue weighted by Gasteiger charge is 2.45. The van der Waals surface area contributed by atoms with E-state index < -0.39 is 43.4 Å². The summed E-state index contributed by atoms with van der Waals surface area (Å²) in [5.74, 6) is 0.187. The second-order valence-corrected chi connectivity index (χ2v) is 15.6. The van der Waals surface area contributed by atoms with Gasteiger partial charge in [0, 0.05) is 56.9 Å². The van der Waals surface area contributed by atoms with Crippen molar-refractivity contribution >= 4 is 23.7 Å². The van der Waals surface area contributed by atoms with Gasteiger partial charge in [-0.15, -0.1) is 0 Å². The molecule has 0 spiro atoms. The summed E-state index contributed by atoms with van der Waals surface area (Å²) in [6.07, 6.45) is 0.764. The SMILES string of the molecule is O=C(N[C@H](Cc1ccc(O[C@@H]2O[C@H](CO)[C@@H](O)[C@H](O)[C@@H]2O)cc1)C(=O)N1CCC(N2CCCCC2)CC1)N1CCC(N2CCc3ccccc3NC2=O)CC1. The van der Waals surface area contributed by atoms with Gasteiger partial charge in [0.1, 0.15) is 36.2 Å². The van der Waals surface area contributed by atoms with E-state index in [0.717, 1.165) is 49.2 Å². The van der Waals surface area contributed by atoms with Crippen molar-refractivity contribution in [2.24, 2.45) is 0 Å². The Morgan fingerprint density at radius 2 is 1.49 bits per heavy atom. The molecule has 6 atom stereocenters. The Morgan fingerprint density at radius 3 is 2.20 bits per heavy atom. The summed E-state index contributed by atoms with van der Waals surface area (Å²) >= 11 is 0. The number of benzene rings is 2. The van der Waals surface area contributed by atoms with Gasteiger partial charge in [0.15, 0.2) is 0 Å². The summed E-state index contributed by atoms with van der Waals surface area (Å²) < 4.78 is 11.2. The Balaban J connectivity index is 0.985. The van der Waals surface area contributed by atoms with Crippen LogP contribution in [0.1, 0.15) is 56.1 Å². The predicted octanol–water partition coefficient (Wildman–Crippen LogP) is 1.52. The minimum Gasteiger partial charge on any atom is -0.462 e. The summed E-state index contributed by atoms with van der Waals surface area (Å²) in [7, 11) is 0. The average molecular weight is 765 g/mol. The first-order valence-corrected chi connectivity index (χ1v) is 20.0. The number of aliphatic hydroxyl groups is 4. The van der Waals surface area contributed by atoms with Crippen LogP contribution in [0.5, 0.6) is 5.75 Å². The van der Waals surface area contributed by atoms with Crippen LogP contribution in [0.2, 0.25) is 0 Å². The van der Waals surface area contributed by atoms with Crippen molar-refractivity contribution in [1.29, 1.82) is 0 Å². The maximum atomic E-state index is 14.2. The number of carbonyl (C=O) groups is 3. The number of ether oxygens (including phenoxy) is 2. The summed E-state index contributed by atoms with van der Waals surface area (Å²) in [5, 5.41) is 46.3. The lowest BCUT2D eigenvalue weighted by Gasteiger charge is -2.41. The van der Waals surface area contributed by atoms with Crippen molar-refractivity contribution in [2.75, 3.05) is 57.7 Å². The van der Waals surface area contributed by atoms with Gasteiger partial charge in [0.2, 0.25) is 12.2 Å². The number of hydrogen-bond donors (Lipinski definition) is 6. The van der Waals surface area contributed by atoms with Crippen molar-refractivity contribution < 1.29 is 44.3 Å². The van der Waals surface area contributed by atoms with Crippen LogP contribution >= 0.6 is 0 Å². The van der Waals surface area contributed by atoms with Gasteiger partial charge in [0.25, 0.3) is 0 Å². The highest BCUT2D eigenvalue weighted by Crippen LogP contribution is 2.27. The largest absolute Gasteiger partial charge is 0.462 e. The number of carbonyl (C=O) groups excluding carboxylic acids is 3. The first-order valence-electron chi connectivity index (χ1n) is 20.0. The molecule has 300 valence electrons. The van der Waals surface area contributed by atoms with Gasteiger partial charge >= 0.3 is 12.1 Å². The molecule has 0 unspecified atom stereocenters. The Morgan fingerprint density at radius 1 is 0.818 bits per heavy atom. The number of fused-ring (bicyclic) bond motifs is 1. The normalized spacial score (nSPS) is 27.8. The monoisotopic (exact) mass is 764 g/mol. The molecule has 0 aliphatic carbocycles. The Bertz CT molecular complexity index is 1610. The molecule has 5 heterocycles. The van der Waals surface area contributed by atoms with Crippen molar-refractivity contribution in [3.05, 3.63) is 59.7 Å². The van der Waals surface area contributed by atoms with E-state index in [9.17, 15) is 34.8 Å². The Kier molecular flexibility index (Phi) is 12.7. The van der Waals surface area contributed by atoms with Gasteiger partial charge < -0.3 is 60.1 Å². The highest BCUT2D eigenvalue weighted by molar-refractivity contribution is 5.91. The van der Waals surface area contributed by atoms with Crippen molar-refractivity contribution in [2.45, 2.75) is 107 Å². The van der Waals surface area contributed by atoms with E-state index in [2.05, 4.69) is 15.5 Å². The number of piperidine rings is 3. The molecule has 0 bridgehead atoms. The molecule has 5 amide bonds. The van der Waals surface area contributed by atoms with Gasteiger partial charge in [-0.1, -0.05) is 36.8 Å². The number of hydrogen-bond acceptors (Lipinski definition) is 10. The molecular formula is C40H56N6O9. The topological polar surface area (TPSA) is 188 Å². The van der Waals surface area contributed by atoms with Crippen molar-refractivity contribution in [1.82, 2.24) is 24.9 Å². The van der Waals surface area contributed by atoms with Crippen LogP contribution < -0.4 is 15.4 Å². The molecule has 2 aromatic rings. The van der Waals surface area contributed by atoms with Crippen LogP contribution in [0.3, 0.4) is 0 Å². The number of aliphatic hydroxyl groups excluding tert-OH is 4. The molecule has 2 aromatic carbocycles. The molecule has 0 radical (unpaired) electrons. The zero-order chi connectivity index (χ0) is 38.5. The molecule has 0 aromatic heterocycles. The van der Waals surface area contributed by atoms with Crippen LogP contribution in [-0.2, 0) is 22.4 Å². The molecule has 4 saturated heterocycles. The third kappa shape index (κ3) is 9.19. The molecule has 5 aliphatic heterocycles. The molecule has 4 fully saturated rings. The number of amides is 5. The number of likely N-dealkylation sites (tertiary alicyclic amines) is 3. The van der Waals surface area contributed by atoms with Gasteiger partial charge in [-0.05, 0) is 87.4 Å². The summed E-state index contributed by atoms with van der Waals surface area (Å²) in [4.78, 5) is 49.3. The first-order chi connectivity index (χ1) is 26.7. The summed E-state index contributed by atoms with van der Waals surface area (Å²) in [6, 6.07) is 13.9. The van der Waals surface area contributed by atoms with Crippen molar-refractivity contribution in [3.8, 4) is 5.75 Å². The first kappa shape index (κ1) is 39.3. The molecule has 0 saturated carbocycles. The van der Waals surface area contributed by atoms with E-state index in [1.165, 1.54) is 19.3 Å².